The van der Waals surface area contributed by atoms with Crippen molar-refractivity contribution in [3.05, 3.63) is 12.2 Å². The molecule has 0 aromatic carbocycles. The molecule has 4 atom stereocenters. The van der Waals surface area contributed by atoms with Crippen LogP contribution in [0, 0.1) is 39.9 Å². The molecule has 0 heteroatoms. The van der Waals surface area contributed by atoms with Gasteiger partial charge in [-0.2, -0.15) is 0 Å². The lowest BCUT2D eigenvalue weighted by molar-refractivity contribution is 0.340. The lowest BCUT2D eigenvalue weighted by Gasteiger charge is -2.15. The van der Waals surface area contributed by atoms with Crippen molar-refractivity contribution in [3.8, 4) is 0 Å². The van der Waals surface area contributed by atoms with E-state index in [0.717, 1.165) is 34.0 Å². The summed E-state index contributed by atoms with van der Waals surface area (Å²) in [5.41, 5.74) is 4.05. The van der Waals surface area contributed by atoms with Crippen molar-refractivity contribution in [2.24, 2.45) is 39.9 Å². The first-order valence-corrected chi connectivity index (χ1v) is 9.54. The summed E-state index contributed by atoms with van der Waals surface area (Å²) in [4.78, 5) is 0. The van der Waals surface area contributed by atoms with Crippen LogP contribution in [0.15, 0.2) is 12.2 Å². The average Bonchev–Trinajstić information content (AvgIpc) is 3.31. The van der Waals surface area contributed by atoms with Crippen LogP contribution in [0.3, 0.4) is 0 Å². The molecule has 5 aliphatic rings. The summed E-state index contributed by atoms with van der Waals surface area (Å²) in [5.74, 6) is 3.95. The minimum atomic E-state index is 0.733. The van der Waals surface area contributed by atoms with Crippen LogP contribution in [0.2, 0.25) is 0 Å². The molecule has 0 aromatic heterocycles. The van der Waals surface area contributed by atoms with Crippen LogP contribution in [-0.2, 0) is 0 Å². The van der Waals surface area contributed by atoms with Crippen LogP contribution in [-0.4, -0.2) is 0 Å². The maximum absolute atomic E-state index is 4.10. The predicted molar refractivity (Wildman–Crippen MR) is 90.0 cm³/mol. The minimum Gasteiger partial charge on any atom is -0.0996 e. The Kier molecular flexibility index (Phi) is 2.85. The zero-order valence-corrected chi connectivity index (χ0v) is 14.7. The first kappa shape index (κ1) is 14.3. The monoisotopic (exact) mass is 286 g/mol. The third kappa shape index (κ3) is 1.86. The molecule has 0 amide bonds. The largest absolute Gasteiger partial charge is 0.0996 e. The molecule has 0 heterocycles. The SMILES string of the molecule is C=C1CCC2(C(C)C)CC12.CC(C)C12CCC3(CC3)C1C2. The van der Waals surface area contributed by atoms with E-state index in [-0.39, 0.29) is 0 Å². The quantitative estimate of drug-likeness (QED) is 0.528. The van der Waals surface area contributed by atoms with Crippen molar-refractivity contribution >= 4 is 0 Å². The van der Waals surface area contributed by atoms with Gasteiger partial charge in [0.15, 0.2) is 0 Å². The van der Waals surface area contributed by atoms with E-state index in [1.165, 1.54) is 30.8 Å². The van der Waals surface area contributed by atoms with Crippen LogP contribution >= 0.6 is 0 Å². The van der Waals surface area contributed by atoms with E-state index in [1.807, 2.05) is 0 Å². The highest BCUT2D eigenvalue weighted by molar-refractivity contribution is 5.26. The summed E-state index contributed by atoms with van der Waals surface area (Å²) in [6, 6.07) is 0. The fourth-order valence-electron chi connectivity index (χ4n) is 6.41. The van der Waals surface area contributed by atoms with Gasteiger partial charge in [0, 0.05) is 0 Å². The van der Waals surface area contributed by atoms with Crippen LogP contribution in [0.1, 0.15) is 79.1 Å². The maximum Gasteiger partial charge on any atom is -0.0141 e. The van der Waals surface area contributed by atoms with Gasteiger partial charge in [0.25, 0.3) is 0 Å². The highest BCUT2D eigenvalue weighted by atomic mass is 14.8. The van der Waals surface area contributed by atoms with E-state index in [2.05, 4.69) is 34.3 Å². The molecule has 5 aliphatic carbocycles. The molecule has 1 spiro atoms. The molecule has 0 aromatic rings. The lowest BCUT2D eigenvalue weighted by Crippen LogP contribution is -2.08. The van der Waals surface area contributed by atoms with Crippen molar-refractivity contribution in [3.63, 3.8) is 0 Å². The van der Waals surface area contributed by atoms with Gasteiger partial charge in [-0.25, -0.2) is 0 Å². The molecule has 0 aliphatic heterocycles. The minimum absolute atomic E-state index is 0.733. The number of hydrogen-bond donors (Lipinski definition) is 0. The molecule has 0 radical (unpaired) electrons. The fraction of sp³-hybridized carbons (Fsp3) is 0.905. The zero-order chi connectivity index (χ0) is 15.0. The second-order valence-corrected chi connectivity index (χ2v) is 9.81. The Morgan fingerprint density at radius 1 is 0.857 bits per heavy atom. The van der Waals surface area contributed by atoms with Crippen LogP contribution in [0.4, 0.5) is 0 Å². The molecule has 4 unspecified atom stereocenters. The summed E-state index contributed by atoms with van der Waals surface area (Å²) in [6.07, 6.45) is 12.1. The number of allylic oxidation sites excluding steroid dienone is 1. The standard InChI is InChI=1S/C11H18.C10H16/c1-8(2)11-6-5-10(3-4-10)9(11)7-11;1-7(2)10-5-4-8(3)9(10)6-10/h8-9H,3-7H2,1-2H3;7,9H,3-6H2,1-2H3. The smallest absolute Gasteiger partial charge is 0.0141 e. The Morgan fingerprint density at radius 3 is 1.71 bits per heavy atom. The molecule has 0 nitrogen and oxygen atoms in total. The number of hydrogen-bond acceptors (Lipinski definition) is 0. The van der Waals surface area contributed by atoms with E-state index < -0.39 is 0 Å². The molecule has 0 saturated heterocycles. The third-order valence-electron chi connectivity index (χ3n) is 8.66. The van der Waals surface area contributed by atoms with E-state index in [9.17, 15) is 0 Å². The van der Waals surface area contributed by atoms with Gasteiger partial charge >= 0.3 is 0 Å². The van der Waals surface area contributed by atoms with Crippen LogP contribution in [0.25, 0.3) is 0 Å². The summed E-state index contributed by atoms with van der Waals surface area (Å²) >= 11 is 0. The molecule has 21 heavy (non-hydrogen) atoms. The first-order chi connectivity index (χ1) is 9.86. The Labute approximate surface area is 131 Å². The normalized spacial score (nSPS) is 47.2. The van der Waals surface area contributed by atoms with Crippen molar-refractivity contribution in [1.29, 1.82) is 0 Å². The second kappa shape index (κ2) is 4.18. The van der Waals surface area contributed by atoms with Gasteiger partial charge in [-0.3, -0.25) is 0 Å². The number of rotatable bonds is 2. The summed E-state index contributed by atoms with van der Waals surface area (Å²) < 4.78 is 0. The Morgan fingerprint density at radius 2 is 1.48 bits per heavy atom. The van der Waals surface area contributed by atoms with Crippen LogP contribution < -0.4 is 0 Å². The molecule has 118 valence electrons. The van der Waals surface area contributed by atoms with Crippen LogP contribution in [0.5, 0.6) is 0 Å². The van der Waals surface area contributed by atoms with E-state index in [1.54, 1.807) is 32.1 Å². The summed E-state index contributed by atoms with van der Waals surface area (Å²) in [6.45, 7) is 13.7. The van der Waals surface area contributed by atoms with Gasteiger partial charge < -0.3 is 0 Å². The molecule has 5 fully saturated rings. The fourth-order valence-corrected chi connectivity index (χ4v) is 6.41. The topological polar surface area (TPSA) is 0 Å². The summed E-state index contributed by atoms with van der Waals surface area (Å²) in [5, 5.41) is 0. The van der Waals surface area contributed by atoms with E-state index in [0.29, 0.717) is 0 Å². The van der Waals surface area contributed by atoms with Gasteiger partial charge in [0.1, 0.15) is 0 Å². The molecule has 0 N–H and O–H groups in total. The van der Waals surface area contributed by atoms with E-state index in [4.69, 9.17) is 0 Å². The molecule has 0 bridgehead atoms. The Hall–Kier alpha value is -0.260. The first-order valence-electron chi connectivity index (χ1n) is 9.54. The molecular formula is C21H34. The molecular weight excluding hydrogens is 252 g/mol. The van der Waals surface area contributed by atoms with Gasteiger partial charge in [0.2, 0.25) is 0 Å². The van der Waals surface area contributed by atoms with Crippen molar-refractivity contribution < 1.29 is 0 Å². The maximum atomic E-state index is 4.10. The van der Waals surface area contributed by atoms with Gasteiger partial charge in [-0.15, -0.1) is 0 Å². The van der Waals surface area contributed by atoms with Crippen molar-refractivity contribution in [2.45, 2.75) is 79.1 Å². The Bertz CT molecular complexity index is 466. The highest BCUT2D eigenvalue weighted by Crippen LogP contribution is 2.81. The van der Waals surface area contributed by atoms with Crippen molar-refractivity contribution in [1.82, 2.24) is 0 Å². The Balaban J connectivity index is 0.000000110. The third-order valence-corrected chi connectivity index (χ3v) is 8.66. The van der Waals surface area contributed by atoms with Gasteiger partial charge in [-0.05, 0) is 91.3 Å². The summed E-state index contributed by atoms with van der Waals surface area (Å²) in [7, 11) is 0. The number of fused-ring (bicyclic) bond motifs is 3. The molecule has 5 rings (SSSR count). The zero-order valence-electron chi connectivity index (χ0n) is 14.7. The highest BCUT2D eigenvalue weighted by Gasteiger charge is 2.72. The van der Waals surface area contributed by atoms with E-state index >= 15 is 0 Å². The average molecular weight is 287 g/mol. The molecule has 5 saturated carbocycles. The second-order valence-electron chi connectivity index (χ2n) is 9.81. The van der Waals surface area contributed by atoms with Crippen molar-refractivity contribution in [2.75, 3.05) is 0 Å². The lowest BCUT2D eigenvalue weighted by atomic mass is 9.90. The van der Waals surface area contributed by atoms with Gasteiger partial charge in [0.05, 0.1) is 0 Å². The predicted octanol–water partition coefficient (Wildman–Crippen LogP) is 6.22. The van der Waals surface area contributed by atoms with Gasteiger partial charge in [-0.1, -0.05) is 39.8 Å².